The van der Waals surface area contributed by atoms with Gasteiger partial charge in [0.25, 0.3) is 0 Å². The molecule has 1 unspecified atom stereocenters. The third-order valence-electron chi connectivity index (χ3n) is 5.91. The average molecular weight is 425 g/mol. The van der Waals surface area contributed by atoms with Crippen molar-refractivity contribution in [2.75, 3.05) is 53.6 Å². The van der Waals surface area contributed by atoms with Gasteiger partial charge in [0.2, 0.25) is 0 Å². The predicted octanol–water partition coefficient (Wildman–Crippen LogP) is 2.97. The van der Waals surface area contributed by atoms with E-state index in [1.165, 1.54) is 12.0 Å². The highest BCUT2D eigenvalue weighted by molar-refractivity contribution is 5.80. The standard InChI is InChI=1S/C24H32N4O3/c1-25-24(28-12-11-20(18-28)27-13-15-30-16-14-27)26-17-19-7-9-21(10-8-19)31-23-6-4-3-5-22(23)29-2/h3-10,20H,11-18H2,1-2H3,(H,25,26). The van der Waals surface area contributed by atoms with Crippen molar-refractivity contribution in [3.05, 3.63) is 54.1 Å². The monoisotopic (exact) mass is 424 g/mol. The maximum absolute atomic E-state index is 5.96. The number of para-hydroxylation sites is 2. The molecule has 2 heterocycles. The topological polar surface area (TPSA) is 58.6 Å². The molecule has 0 aromatic heterocycles. The van der Waals surface area contributed by atoms with Gasteiger partial charge in [-0.1, -0.05) is 24.3 Å². The molecule has 31 heavy (non-hydrogen) atoms. The molecule has 0 spiro atoms. The number of aliphatic imine (C=N–C) groups is 1. The highest BCUT2D eigenvalue weighted by Crippen LogP contribution is 2.30. The van der Waals surface area contributed by atoms with Crippen LogP contribution in [0, 0.1) is 0 Å². The van der Waals surface area contributed by atoms with Gasteiger partial charge in [0.05, 0.1) is 20.3 Å². The van der Waals surface area contributed by atoms with E-state index in [-0.39, 0.29) is 0 Å². The summed E-state index contributed by atoms with van der Waals surface area (Å²) in [6.45, 7) is 6.54. The molecule has 2 fully saturated rings. The van der Waals surface area contributed by atoms with Crippen LogP contribution in [0.1, 0.15) is 12.0 Å². The molecule has 0 saturated carbocycles. The number of benzene rings is 2. The fraction of sp³-hybridized carbons (Fsp3) is 0.458. The van der Waals surface area contributed by atoms with Gasteiger partial charge in [0, 0.05) is 45.8 Å². The quantitative estimate of drug-likeness (QED) is 0.568. The molecule has 2 aliphatic rings. The van der Waals surface area contributed by atoms with E-state index in [1.54, 1.807) is 7.11 Å². The van der Waals surface area contributed by atoms with Gasteiger partial charge < -0.3 is 24.4 Å². The Labute approximate surface area is 184 Å². The normalized spacial score (nSPS) is 20.0. The molecule has 2 aromatic rings. The van der Waals surface area contributed by atoms with Crippen molar-refractivity contribution >= 4 is 5.96 Å². The summed E-state index contributed by atoms with van der Waals surface area (Å²) in [5, 5.41) is 3.51. The zero-order chi connectivity index (χ0) is 21.5. The summed E-state index contributed by atoms with van der Waals surface area (Å²) >= 11 is 0. The smallest absolute Gasteiger partial charge is 0.193 e. The molecule has 4 rings (SSSR count). The van der Waals surface area contributed by atoms with Gasteiger partial charge in [-0.25, -0.2) is 0 Å². The van der Waals surface area contributed by atoms with Crippen LogP contribution in [0.2, 0.25) is 0 Å². The van der Waals surface area contributed by atoms with Gasteiger partial charge in [-0.15, -0.1) is 0 Å². The first-order chi connectivity index (χ1) is 15.3. The lowest BCUT2D eigenvalue weighted by molar-refractivity contribution is 0.0195. The van der Waals surface area contributed by atoms with E-state index < -0.39 is 0 Å². The Balaban J connectivity index is 1.29. The molecule has 2 saturated heterocycles. The zero-order valence-corrected chi connectivity index (χ0v) is 18.4. The van der Waals surface area contributed by atoms with E-state index in [4.69, 9.17) is 14.2 Å². The minimum absolute atomic E-state index is 0.592. The van der Waals surface area contributed by atoms with Gasteiger partial charge in [-0.2, -0.15) is 0 Å². The van der Waals surface area contributed by atoms with Crippen LogP contribution in [0.25, 0.3) is 0 Å². The van der Waals surface area contributed by atoms with Crippen LogP contribution < -0.4 is 14.8 Å². The maximum Gasteiger partial charge on any atom is 0.193 e. The molecule has 1 atom stereocenters. The van der Waals surface area contributed by atoms with Crippen molar-refractivity contribution in [2.45, 2.75) is 19.0 Å². The third-order valence-corrected chi connectivity index (χ3v) is 5.91. The van der Waals surface area contributed by atoms with E-state index in [2.05, 4.69) is 32.2 Å². The van der Waals surface area contributed by atoms with Crippen LogP contribution in [0.5, 0.6) is 17.2 Å². The van der Waals surface area contributed by atoms with Crippen LogP contribution in [0.4, 0.5) is 0 Å². The van der Waals surface area contributed by atoms with Gasteiger partial charge in [-0.3, -0.25) is 9.89 Å². The number of methoxy groups -OCH3 is 1. The molecule has 7 heteroatoms. The molecule has 0 radical (unpaired) electrons. The van der Waals surface area contributed by atoms with Crippen molar-refractivity contribution in [3.63, 3.8) is 0 Å². The number of morpholine rings is 1. The van der Waals surface area contributed by atoms with Gasteiger partial charge in [0.15, 0.2) is 17.5 Å². The molecule has 0 bridgehead atoms. The number of likely N-dealkylation sites (tertiary alicyclic amines) is 1. The second-order valence-corrected chi connectivity index (χ2v) is 7.83. The first-order valence-electron chi connectivity index (χ1n) is 10.9. The zero-order valence-electron chi connectivity index (χ0n) is 18.4. The van der Waals surface area contributed by atoms with Crippen molar-refractivity contribution in [1.29, 1.82) is 0 Å². The van der Waals surface area contributed by atoms with E-state index in [0.29, 0.717) is 11.8 Å². The molecule has 0 amide bonds. The molecular formula is C24H32N4O3. The predicted molar refractivity (Wildman–Crippen MR) is 122 cm³/mol. The average Bonchev–Trinajstić information content (AvgIpc) is 3.32. The molecule has 1 N–H and O–H groups in total. The summed E-state index contributed by atoms with van der Waals surface area (Å²) in [6, 6.07) is 16.4. The Hall–Kier alpha value is -2.77. The summed E-state index contributed by atoms with van der Waals surface area (Å²) in [4.78, 5) is 9.42. The number of nitrogens with zero attached hydrogens (tertiary/aromatic N) is 3. The molecule has 166 valence electrons. The Morgan fingerprint density at radius 3 is 2.52 bits per heavy atom. The van der Waals surface area contributed by atoms with E-state index in [0.717, 1.165) is 63.4 Å². The van der Waals surface area contributed by atoms with Crippen LogP contribution in [0.3, 0.4) is 0 Å². The van der Waals surface area contributed by atoms with E-state index in [1.807, 2.05) is 43.4 Å². The number of ether oxygens (including phenoxy) is 3. The molecule has 0 aliphatic carbocycles. The summed E-state index contributed by atoms with van der Waals surface area (Å²) in [6.07, 6.45) is 1.18. The number of hydrogen-bond donors (Lipinski definition) is 1. The minimum atomic E-state index is 0.592. The van der Waals surface area contributed by atoms with Crippen molar-refractivity contribution in [1.82, 2.24) is 15.1 Å². The minimum Gasteiger partial charge on any atom is -0.493 e. The van der Waals surface area contributed by atoms with Gasteiger partial charge in [0.1, 0.15) is 5.75 Å². The number of hydrogen-bond acceptors (Lipinski definition) is 5. The van der Waals surface area contributed by atoms with Gasteiger partial charge >= 0.3 is 0 Å². The fourth-order valence-corrected chi connectivity index (χ4v) is 4.19. The van der Waals surface area contributed by atoms with Crippen molar-refractivity contribution in [2.24, 2.45) is 4.99 Å². The molecule has 2 aromatic carbocycles. The molecular weight excluding hydrogens is 392 g/mol. The fourth-order valence-electron chi connectivity index (χ4n) is 4.19. The molecule has 7 nitrogen and oxygen atoms in total. The Morgan fingerprint density at radius 2 is 1.81 bits per heavy atom. The second kappa shape index (κ2) is 10.5. The number of guanidine groups is 1. The van der Waals surface area contributed by atoms with Crippen molar-refractivity contribution < 1.29 is 14.2 Å². The Kier molecular flexibility index (Phi) is 7.27. The third kappa shape index (κ3) is 5.48. The van der Waals surface area contributed by atoms with Crippen LogP contribution >= 0.6 is 0 Å². The highest BCUT2D eigenvalue weighted by Gasteiger charge is 2.30. The van der Waals surface area contributed by atoms with Crippen molar-refractivity contribution in [3.8, 4) is 17.2 Å². The first-order valence-corrected chi connectivity index (χ1v) is 10.9. The largest absolute Gasteiger partial charge is 0.493 e. The highest BCUT2D eigenvalue weighted by atomic mass is 16.5. The summed E-state index contributed by atoms with van der Waals surface area (Å²) in [5.74, 6) is 3.17. The number of rotatable bonds is 6. The second-order valence-electron chi connectivity index (χ2n) is 7.83. The van der Waals surface area contributed by atoms with Crippen LogP contribution in [-0.4, -0.2) is 75.4 Å². The lowest BCUT2D eigenvalue weighted by Crippen LogP contribution is -2.46. The SMILES string of the molecule is CN=C(NCc1ccc(Oc2ccccc2OC)cc1)N1CCC(N2CCOCC2)C1. The Morgan fingerprint density at radius 1 is 1.06 bits per heavy atom. The maximum atomic E-state index is 5.96. The first kappa shape index (κ1) is 21.5. The molecule has 2 aliphatic heterocycles. The van der Waals surface area contributed by atoms with Crippen LogP contribution in [0.15, 0.2) is 53.5 Å². The summed E-state index contributed by atoms with van der Waals surface area (Å²) in [5.41, 5.74) is 1.18. The lowest BCUT2D eigenvalue weighted by atomic mass is 10.2. The van der Waals surface area contributed by atoms with E-state index in [9.17, 15) is 0 Å². The van der Waals surface area contributed by atoms with Gasteiger partial charge in [-0.05, 0) is 36.2 Å². The Bertz CT molecular complexity index is 865. The van der Waals surface area contributed by atoms with Crippen LogP contribution in [-0.2, 0) is 11.3 Å². The lowest BCUT2D eigenvalue weighted by Gasteiger charge is -2.32. The summed E-state index contributed by atoms with van der Waals surface area (Å²) in [7, 11) is 3.50. The summed E-state index contributed by atoms with van der Waals surface area (Å²) < 4.78 is 16.8. The van der Waals surface area contributed by atoms with E-state index >= 15 is 0 Å². The number of nitrogens with one attached hydrogen (secondary N) is 1.